The molecule has 0 atom stereocenters. The van der Waals surface area contributed by atoms with Gasteiger partial charge >= 0.3 is 0 Å². The predicted octanol–water partition coefficient (Wildman–Crippen LogP) is 4.18. The number of hydrogen-bond donors (Lipinski definition) is 2. The van der Waals surface area contributed by atoms with Gasteiger partial charge in [0, 0.05) is 16.3 Å². The van der Waals surface area contributed by atoms with Crippen LogP contribution in [0.4, 0.5) is 11.4 Å². The van der Waals surface area contributed by atoms with Crippen molar-refractivity contribution in [2.75, 3.05) is 5.32 Å². The van der Waals surface area contributed by atoms with Crippen LogP contribution in [-0.2, 0) is 10.0 Å². The Labute approximate surface area is 145 Å². The highest BCUT2D eigenvalue weighted by atomic mass is 32.2. The van der Waals surface area contributed by atoms with Crippen LogP contribution in [-0.4, -0.2) is 8.42 Å². The van der Waals surface area contributed by atoms with Crippen LogP contribution in [0.3, 0.4) is 0 Å². The maximum absolute atomic E-state index is 12.8. The standard InChI is InChI=1S/C18H16N2O2S2/c1-12-10-11-17(23-12)24(21,22)20-18-13-6-2-4-8-15(13)19-16-9-5-3-7-14(16)18/h2-11,18-20H,1H3. The van der Waals surface area contributed by atoms with Gasteiger partial charge in [-0.15, -0.1) is 11.3 Å². The van der Waals surface area contributed by atoms with Crippen LogP contribution >= 0.6 is 11.3 Å². The zero-order valence-electron chi connectivity index (χ0n) is 13.0. The van der Waals surface area contributed by atoms with Crippen molar-refractivity contribution >= 4 is 32.7 Å². The zero-order chi connectivity index (χ0) is 16.7. The van der Waals surface area contributed by atoms with Crippen LogP contribution in [0.15, 0.2) is 64.9 Å². The molecule has 0 saturated heterocycles. The Morgan fingerprint density at radius 2 is 1.50 bits per heavy atom. The fourth-order valence-corrected chi connectivity index (χ4v) is 5.43. The topological polar surface area (TPSA) is 58.2 Å². The molecule has 4 nitrogen and oxygen atoms in total. The summed E-state index contributed by atoms with van der Waals surface area (Å²) in [6, 6.07) is 18.6. The first-order valence-electron chi connectivity index (χ1n) is 7.58. The van der Waals surface area contributed by atoms with Gasteiger partial charge in [0.25, 0.3) is 10.0 Å². The highest BCUT2D eigenvalue weighted by molar-refractivity contribution is 7.91. The molecule has 2 heterocycles. The number of rotatable bonds is 3. The van der Waals surface area contributed by atoms with E-state index in [0.717, 1.165) is 27.4 Å². The molecule has 6 heteroatoms. The van der Waals surface area contributed by atoms with E-state index in [4.69, 9.17) is 0 Å². The quantitative estimate of drug-likeness (QED) is 0.740. The van der Waals surface area contributed by atoms with Gasteiger partial charge in [0.1, 0.15) is 4.21 Å². The van der Waals surface area contributed by atoms with E-state index in [1.165, 1.54) is 11.3 Å². The molecule has 1 aromatic heterocycles. The SMILES string of the molecule is Cc1ccc(S(=O)(=O)NC2c3ccccc3Nc3ccccc32)s1. The smallest absolute Gasteiger partial charge is 0.250 e. The Bertz CT molecular complexity index is 964. The summed E-state index contributed by atoms with van der Waals surface area (Å²) in [6.45, 7) is 1.90. The number of aryl methyl sites for hydroxylation is 1. The van der Waals surface area contributed by atoms with Crippen molar-refractivity contribution < 1.29 is 8.42 Å². The van der Waals surface area contributed by atoms with Gasteiger partial charge in [-0.1, -0.05) is 36.4 Å². The fraction of sp³-hybridized carbons (Fsp3) is 0.111. The summed E-state index contributed by atoms with van der Waals surface area (Å²) >= 11 is 1.28. The van der Waals surface area contributed by atoms with Crippen LogP contribution in [0.2, 0.25) is 0 Å². The summed E-state index contributed by atoms with van der Waals surface area (Å²) < 4.78 is 28.8. The second-order valence-electron chi connectivity index (χ2n) is 5.72. The van der Waals surface area contributed by atoms with Crippen molar-refractivity contribution in [3.63, 3.8) is 0 Å². The lowest BCUT2D eigenvalue weighted by Gasteiger charge is -2.29. The number of hydrogen-bond acceptors (Lipinski definition) is 4. The Kier molecular flexibility index (Phi) is 3.68. The molecule has 0 bridgehead atoms. The van der Waals surface area contributed by atoms with E-state index in [-0.39, 0.29) is 0 Å². The fourth-order valence-electron chi connectivity index (χ4n) is 2.93. The summed E-state index contributed by atoms with van der Waals surface area (Å²) in [5.41, 5.74) is 3.69. The molecule has 0 unspecified atom stereocenters. The molecule has 4 rings (SSSR count). The van der Waals surface area contributed by atoms with Crippen molar-refractivity contribution in [2.45, 2.75) is 17.2 Å². The number of nitrogens with one attached hydrogen (secondary N) is 2. The Morgan fingerprint density at radius 3 is 2.04 bits per heavy atom. The first kappa shape index (κ1) is 15.4. The average molecular weight is 356 g/mol. The van der Waals surface area contributed by atoms with Crippen LogP contribution in [0.25, 0.3) is 0 Å². The van der Waals surface area contributed by atoms with E-state index in [1.54, 1.807) is 6.07 Å². The lowest BCUT2D eigenvalue weighted by atomic mass is 9.93. The molecule has 0 aliphatic carbocycles. The molecule has 0 amide bonds. The van der Waals surface area contributed by atoms with E-state index in [2.05, 4.69) is 10.0 Å². The normalized spacial score (nSPS) is 13.9. The van der Waals surface area contributed by atoms with Crippen molar-refractivity contribution in [1.82, 2.24) is 4.72 Å². The van der Waals surface area contributed by atoms with Gasteiger partial charge in [0.05, 0.1) is 6.04 Å². The van der Waals surface area contributed by atoms with E-state index in [1.807, 2.05) is 61.5 Å². The second kappa shape index (κ2) is 5.73. The molecule has 0 saturated carbocycles. The third-order valence-electron chi connectivity index (χ3n) is 4.07. The summed E-state index contributed by atoms with van der Waals surface area (Å²) in [7, 11) is -3.58. The molecule has 3 aromatic rings. The molecule has 2 aromatic carbocycles. The molecular formula is C18H16N2O2S2. The summed E-state index contributed by atoms with van der Waals surface area (Å²) in [6.07, 6.45) is 0. The Hall–Kier alpha value is -2.15. The van der Waals surface area contributed by atoms with Crippen LogP contribution in [0.1, 0.15) is 22.0 Å². The van der Waals surface area contributed by atoms with Gasteiger partial charge in [-0.05, 0) is 42.3 Å². The van der Waals surface area contributed by atoms with Gasteiger partial charge in [0.2, 0.25) is 0 Å². The number of thiophene rings is 1. The highest BCUT2D eigenvalue weighted by Gasteiger charge is 2.29. The number of fused-ring (bicyclic) bond motifs is 2. The van der Waals surface area contributed by atoms with Crippen LogP contribution in [0, 0.1) is 6.92 Å². The molecule has 122 valence electrons. The van der Waals surface area contributed by atoms with Crippen LogP contribution in [0.5, 0.6) is 0 Å². The van der Waals surface area contributed by atoms with E-state index >= 15 is 0 Å². The number of sulfonamides is 1. The third-order valence-corrected chi connectivity index (χ3v) is 6.98. The minimum absolute atomic E-state index is 0.341. The van der Waals surface area contributed by atoms with E-state index in [0.29, 0.717) is 4.21 Å². The van der Waals surface area contributed by atoms with Gasteiger partial charge in [0.15, 0.2) is 0 Å². The van der Waals surface area contributed by atoms with Crippen molar-refractivity contribution in [1.29, 1.82) is 0 Å². The number of benzene rings is 2. The molecule has 24 heavy (non-hydrogen) atoms. The molecule has 2 N–H and O–H groups in total. The Morgan fingerprint density at radius 1 is 0.917 bits per heavy atom. The lowest BCUT2D eigenvalue weighted by Crippen LogP contribution is -2.31. The number of anilines is 2. The van der Waals surface area contributed by atoms with Gasteiger partial charge in [-0.2, -0.15) is 4.72 Å². The molecule has 0 spiro atoms. The van der Waals surface area contributed by atoms with Crippen molar-refractivity contribution in [3.8, 4) is 0 Å². The van der Waals surface area contributed by atoms with E-state index < -0.39 is 16.1 Å². The number of para-hydroxylation sites is 2. The first-order chi connectivity index (χ1) is 11.5. The first-order valence-corrected chi connectivity index (χ1v) is 9.88. The summed E-state index contributed by atoms with van der Waals surface area (Å²) in [4.78, 5) is 0.974. The lowest BCUT2D eigenvalue weighted by molar-refractivity contribution is 0.574. The third kappa shape index (κ3) is 2.62. The average Bonchev–Trinajstić information content (AvgIpc) is 3.02. The minimum Gasteiger partial charge on any atom is -0.355 e. The summed E-state index contributed by atoms with van der Waals surface area (Å²) in [5.74, 6) is 0. The molecule has 1 aliphatic rings. The largest absolute Gasteiger partial charge is 0.355 e. The maximum Gasteiger partial charge on any atom is 0.250 e. The van der Waals surface area contributed by atoms with Crippen LogP contribution < -0.4 is 10.0 Å². The van der Waals surface area contributed by atoms with Crippen molar-refractivity contribution in [3.05, 3.63) is 76.7 Å². The Balaban J connectivity index is 1.80. The maximum atomic E-state index is 12.8. The zero-order valence-corrected chi connectivity index (χ0v) is 14.6. The van der Waals surface area contributed by atoms with Gasteiger partial charge in [-0.3, -0.25) is 0 Å². The van der Waals surface area contributed by atoms with Gasteiger partial charge in [-0.25, -0.2) is 8.42 Å². The highest BCUT2D eigenvalue weighted by Crippen LogP contribution is 2.40. The molecule has 1 aliphatic heterocycles. The van der Waals surface area contributed by atoms with E-state index in [9.17, 15) is 8.42 Å². The van der Waals surface area contributed by atoms with Gasteiger partial charge < -0.3 is 5.32 Å². The minimum atomic E-state index is -3.58. The van der Waals surface area contributed by atoms with Crippen molar-refractivity contribution in [2.24, 2.45) is 0 Å². The second-order valence-corrected chi connectivity index (χ2v) is 8.95. The summed E-state index contributed by atoms with van der Waals surface area (Å²) in [5, 5.41) is 3.37. The molecular weight excluding hydrogens is 340 g/mol. The molecule has 0 fully saturated rings. The monoisotopic (exact) mass is 356 g/mol. The predicted molar refractivity (Wildman–Crippen MR) is 97.4 cm³/mol. The molecule has 0 radical (unpaired) electrons.